The molecule has 1 amide bonds. The predicted molar refractivity (Wildman–Crippen MR) is 126 cm³/mol. The zero-order chi connectivity index (χ0) is 24.2. The van der Waals surface area contributed by atoms with E-state index >= 15 is 0 Å². The number of benzene rings is 2. The monoisotopic (exact) mass is 454 g/mol. The summed E-state index contributed by atoms with van der Waals surface area (Å²) in [6.45, 7) is 3.91. The van der Waals surface area contributed by atoms with Crippen LogP contribution < -0.4 is 11.1 Å². The van der Waals surface area contributed by atoms with Gasteiger partial charge in [0.2, 0.25) is 0 Å². The van der Waals surface area contributed by atoms with Crippen molar-refractivity contribution in [2.75, 3.05) is 6.61 Å². The van der Waals surface area contributed by atoms with Crippen molar-refractivity contribution in [3.63, 3.8) is 0 Å². The Labute approximate surface area is 195 Å². The summed E-state index contributed by atoms with van der Waals surface area (Å²) in [5.41, 5.74) is 7.54. The van der Waals surface area contributed by atoms with Gasteiger partial charge in [0.25, 0.3) is 5.91 Å². The van der Waals surface area contributed by atoms with Gasteiger partial charge in [-0.2, -0.15) is 0 Å². The van der Waals surface area contributed by atoms with Crippen LogP contribution in [0.25, 0.3) is 0 Å². The third-order valence-corrected chi connectivity index (χ3v) is 5.18. The fraction of sp³-hybridized carbons (Fsp3) is 0.423. The molecule has 178 valence electrons. The second kappa shape index (κ2) is 13.5. The number of esters is 1. The molecular weight excluding hydrogens is 420 g/mol. The van der Waals surface area contributed by atoms with Crippen LogP contribution in [-0.4, -0.2) is 47.6 Å². The molecule has 7 nitrogen and oxygen atoms in total. The van der Waals surface area contributed by atoms with Crippen molar-refractivity contribution in [1.82, 2.24) is 5.32 Å². The first kappa shape index (κ1) is 26.2. The third kappa shape index (κ3) is 9.16. The van der Waals surface area contributed by atoms with Gasteiger partial charge in [0.1, 0.15) is 12.1 Å². The molecule has 2 rings (SSSR count). The van der Waals surface area contributed by atoms with E-state index in [1.165, 1.54) is 0 Å². The van der Waals surface area contributed by atoms with E-state index in [-0.39, 0.29) is 24.7 Å². The lowest BCUT2D eigenvalue weighted by Gasteiger charge is -2.23. The largest absolute Gasteiger partial charge is 0.464 e. The summed E-state index contributed by atoms with van der Waals surface area (Å²) in [5, 5.41) is 12.9. The number of ketones is 1. The lowest BCUT2D eigenvalue weighted by atomic mass is 10.00. The van der Waals surface area contributed by atoms with Crippen LogP contribution in [0.4, 0.5) is 0 Å². The first-order valence-corrected chi connectivity index (χ1v) is 11.3. The molecule has 2 aromatic carbocycles. The van der Waals surface area contributed by atoms with Crippen molar-refractivity contribution in [1.29, 1.82) is 0 Å². The molecule has 0 saturated carbocycles. The van der Waals surface area contributed by atoms with E-state index in [1.807, 2.05) is 50.2 Å². The van der Waals surface area contributed by atoms with E-state index in [4.69, 9.17) is 10.5 Å². The van der Waals surface area contributed by atoms with E-state index in [2.05, 4.69) is 5.32 Å². The Kier molecular flexibility index (Phi) is 10.7. The highest BCUT2D eigenvalue weighted by Crippen LogP contribution is 2.10. The minimum absolute atomic E-state index is 0.0193. The third-order valence-electron chi connectivity index (χ3n) is 5.18. The SMILES string of the molecule is CC(C)C[C@H](NC(=O)[C@@H](O)[C@H](N)Cc1ccccc1)C(=O)OCCCC(=O)c1ccccc1. The van der Waals surface area contributed by atoms with Crippen LogP contribution in [0.1, 0.15) is 49.0 Å². The Balaban J connectivity index is 1.84. The Bertz CT molecular complexity index is 886. The van der Waals surface area contributed by atoms with Gasteiger partial charge in [0, 0.05) is 18.0 Å². The molecule has 0 fully saturated rings. The van der Waals surface area contributed by atoms with Crippen LogP contribution in [0, 0.1) is 5.92 Å². The molecule has 4 N–H and O–H groups in total. The molecule has 0 radical (unpaired) electrons. The standard InChI is InChI=1S/C26H34N2O5/c1-18(2)16-22(26(32)33-15-9-14-23(29)20-12-7-4-8-13-20)28-25(31)24(30)21(27)17-19-10-5-3-6-11-19/h3-8,10-13,18,21-22,24,30H,9,14-17,27H2,1-2H3,(H,28,31)/t21-,22+,24+/m1/s1. The van der Waals surface area contributed by atoms with Crippen LogP contribution in [0.2, 0.25) is 0 Å². The predicted octanol–water partition coefficient (Wildman–Crippen LogP) is 2.65. The molecule has 7 heteroatoms. The van der Waals surface area contributed by atoms with Crippen LogP contribution in [-0.2, 0) is 20.7 Å². The van der Waals surface area contributed by atoms with Gasteiger partial charge < -0.3 is 20.9 Å². The maximum Gasteiger partial charge on any atom is 0.328 e. The minimum atomic E-state index is -1.46. The quantitative estimate of drug-likeness (QED) is 0.243. The fourth-order valence-corrected chi connectivity index (χ4v) is 3.41. The number of Topliss-reactive ketones (excluding diaryl/α,β-unsaturated/α-hetero) is 1. The van der Waals surface area contributed by atoms with Crippen LogP contribution in [0.5, 0.6) is 0 Å². The lowest BCUT2D eigenvalue weighted by Crippen LogP contribution is -2.52. The molecule has 0 spiro atoms. The second-order valence-electron chi connectivity index (χ2n) is 8.55. The molecule has 0 aliphatic carbocycles. The van der Waals surface area contributed by atoms with Crippen molar-refractivity contribution >= 4 is 17.7 Å². The first-order chi connectivity index (χ1) is 15.8. The Hall–Kier alpha value is -3.03. The number of ether oxygens (including phenoxy) is 1. The van der Waals surface area contributed by atoms with Crippen molar-refractivity contribution in [2.45, 2.75) is 57.7 Å². The van der Waals surface area contributed by atoms with Gasteiger partial charge in [-0.3, -0.25) is 9.59 Å². The molecule has 0 aliphatic rings. The van der Waals surface area contributed by atoms with Gasteiger partial charge in [-0.05, 0) is 30.7 Å². The number of nitrogens with one attached hydrogen (secondary N) is 1. The summed E-state index contributed by atoms with van der Waals surface area (Å²) >= 11 is 0. The van der Waals surface area contributed by atoms with Gasteiger partial charge in [-0.15, -0.1) is 0 Å². The molecule has 2 aromatic rings. The van der Waals surface area contributed by atoms with Crippen molar-refractivity contribution < 1.29 is 24.2 Å². The van der Waals surface area contributed by atoms with E-state index in [9.17, 15) is 19.5 Å². The average molecular weight is 455 g/mol. The Morgan fingerprint density at radius 2 is 1.61 bits per heavy atom. The molecule has 0 aliphatic heterocycles. The van der Waals surface area contributed by atoms with E-state index in [1.54, 1.807) is 24.3 Å². The number of rotatable bonds is 13. The van der Waals surface area contributed by atoms with Crippen molar-refractivity contribution in [3.05, 3.63) is 71.8 Å². The van der Waals surface area contributed by atoms with Crippen LogP contribution >= 0.6 is 0 Å². The summed E-state index contributed by atoms with van der Waals surface area (Å²) in [5.74, 6) is -1.21. The van der Waals surface area contributed by atoms with Crippen molar-refractivity contribution in [3.8, 4) is 0 Å². The number of aliphatic hydroxyl groups excluding tert-OH is 1. The first-order valence-electron chi connectivity index (χ1n) is 11.3. The summed E-state index contributed by atoms with van der Waals surface area (Å²) in [7, 11) is 0. The summed E-state index contributed by atoms with van der Waals surface area (Å²) in [6.07, 6.45) is -0.146. The van der Waals surface area contributed by atoms with Gasteiger partial charge in [0.15, 0.2) is 5.78 Å². The topological polar surface area (TPSA) is 119 Å². The highest BCUT2D eigenvalue weighted by atomic mass is 16.5. The van der Waals surface area contributed by atoms with E-state index < -0.39 is 30.1 Å². The Morgan fingerprint density at radius 1 is 1.00 bits per heavy atom. The highest BCUT2D eigenvalue weighted by Gasteiger charge is 2.29. The molecular formula is C26H34N2O5. The zero-order valence-corrected chi connectivity index (χ0v) is 19.3. The molecule has 3 atom stereocenters. The average Bonchev–Trinajstić information content (AvgIpc) is 2.81. The summed E-state index contributed by atoms with van der Waals surface area (Å²) < 4.78 is 5.31. The molecule has 0 saturated heterocycles. The molecule has 0 bridgehead atoms. The van der Waals surface area contributed by atoms with Crippen LogP contribution in [0.15, 0.2) is 60.7 Å². The second-order valence-corrected chi connectivity index (χ2v) is 8.55. The zero-order valence-electron chi connectivity index (χ0n) is 19.3. The normalized spacial score (nSPS) is 13.7. The maximum absolute atomic E-state index is 12.6. The Morgan fingerprint density at radius 3 is 2.21 bits per heavy atom. The highest BCUT2D eigenvalue weighted by molar-refractivity contribution is 5.96. The van der Waals surface area contributed by atoms with E-state index in [0.717, 1.165) is 5.56 Å². The van der Waals surface area contributed by atoms with Gasteiger partial charge >= 0.3 is 5.97 Å². The lowest BCUT2D eigenvalue weighted by molar-refractivity contribution is -0.149. The van der Waals surface area contributed by atoms with E-state index in [0.29, 0.717) is 24.8 Å². The number of carbonyl (C=O) groups excluding carboxylic acids is 3. The van der Waals surface area contributed by atoms with Gasteiger partial charge in [-0.1, -0.05) is 74.5 Å². The fourth-order valence-electron chi connectivity index (χ4n) is 3.41. The minimum Gasteiger partial charge on any atom is -0.464 e. The number of hydrogen-bond acceptors (Lipinski definition) is 6. The number of carbonyl (C=O) groups is 3. The number of amides is 1. The molecule has 0 unspecified atom stereocenters. The van der Waals surface area contributed by atoms with Crippen molar-refractivity contribution in [2.24, 2.45) is 11.7 Å². The van der Waals surface area contributed by atoms with Gasteiger partial charge in [0.05, 0.1) is 6.61 Å². The summed E-state index contributed by atoms with van der Waals surface area (Å²) in [6, 6.07) is 16.5. The molecule has 33 heavy (non-hydrogen) atoms. The van der Waals surface area contributed by atoms with Gasteiger partial charge in [-0.25, -0.2) is 4.79 Å². The van der Waals surface area contributed by atoms with Crippen LogP contribution in [0.3, 0.4) is 0 Å². The summed E-state index contributed by atoms with van der Waals surface area (Å²) in [4.78, 5) is 37.3. The number of aliphatic hydroxyl groups is 1. The maximum atomic E-state index is 12.6. The number of nitrogens with two attached hydrogens (primary N) is 1. The molecule has 0 aromatic heterocycles. The number of hydrogen-bond donors (Lipinski definition) is 3. The molecule has 0 heterocycles. The smallest absolute Gasteiger partial charge is 0.328 e.